The Balaban J connectivity index is 2.11. The van der Waals surface area contributed by atoms with Crippen molar-refractivity contribution in [3.8, 4) is 0 Å². The van der Waals surface area contributed by atoms with Crippen molar-refractivity contribution in [2.75, 3.05) is 11.9 Å². The SMILES string of the molecule is CCOC(=O)c1ccc(NC(C)c2cn(C(C)(C)C)nc2C)nc1. The molecule has 24 heavy (non-hydrogen) atoms. The van der Waals surface area contributed by atoms with Gasteiger partial charge in [-0.05, 0) is 53.7 Å². The lowest BCUT2D eigenvalue weighted by atomic mass is 10.1. The number of ether oxygens (including phenoxy) is 1. The van der Waals surface area contributed by atoms with E-state index in [9.17, 15) is 4.79 Å². The second-order valence-electron chi connectivity index (χ2n) is 6.80. The van der Waals surface area contributed by atoms with E-state index in [-0.39, 0.29) is 17.6 Å². The third kappa shape index (κ3) is 4.13. The van der Waals surface area contributed by atoms with Crippen LogP contribution in [0.1, 0.15) is 62.3 Å². The van der Waals surface area contributed by atoms with Crippen molar-refractivity contribution in [3.05, 3.63) is 41.3 Å². The van der Waals surface area contributed by atoms with Crippen LogP contribution in [-0.4, -0.2) is 27.3 Å². The molecule has 2 aromatic rings. The molecule has 0 radical (unpaired) electrons. The van der Waals surface area contributed by atoms with Gasteiger partial charge in [-0.1, -0.05) is 0 Å². The monoisotopic (exact) mass is 330 g/mol. The predicted molar refractivity (Wildman–Crippen MR) is 94.2 cm³/mol. The largest absolute Gasteiger partial charge is 0.462 e. The van der Waals surface area contributed by atoms with Crippen LogP contribution in [0.5, 0.6) is 0 Å². The summed E-state index contributed by atoms with van der Waals surface area (Å²) in [4.78, 5) is 15.9. The van der Waals surface area contributed by atoms with Gasteiger partial charge in [-0.3, -0.25) is 4.68 Å². The zero-order valence-corrected chi connectivity index (χ0v) is 15.3. The molecule has 1 atom stereocenters. The Morgan fingerprint density at radius 3 is 2.58 bits per heavy atom. The molecule has 0 fully saturated rings. The van der Waals surface area contributed by atoms with E-state index in [1.54, 1.807) is 19.1 Å². The van der Waals surface area contributed by atoms with Crippen LogP contribution in [0.25, 0.3) is 0 Å². The molecular weight excluding hydrogens is 304 g/mol. The summed E-state index contributed by atoms with van der Waals surface area (Å²) in [6, 6.07) is 3.56. The fourth-order valence-corrected chi connectivity index (χ4v) is 2.36. The molecule has 0 amide bonds. The number of hydrogen-bond acceptors (Lipinski definition) is 5. The quantitative estimate of drug-likeness (QED) is 0.847. The highest BCUT2D eigenvalue weighted by molar-refractivity contribution is 5.89. The number of pyridine rings is 1. The van der Waals surface area contributed by atoms with Gasteiger partial charge in [0.2, 0.25) is 0 Å². The summed E-state index contributed by atoms with van der Waals surface area (Å²) in [5.41, 5.74) is 2.52. The highest BCUT2D eigenvalue weighted by atomic mass is 16.5. The minimum Gasteiger partial charge on any atom is -0.462 e. The summed E-state index contributed by atoms with van der Waals surface area (Å²) in [5, 5.41) is 7.94. The Morgan fingerprint density at radius 2 is 2.08 bits per heavy atom. The number of aromatic nitrogens is 3. The molecule has 0 aromatic carbocycles. The van der Waals surface area contributed by atoms with Crippen LogP contribution in [0.3, 0.4) is 0 Å². The number of anilines is 1. The molecule has 0 saturated heterocycles. The van der Waals surface area contributed by atoms with Crippen LogP contribution in [0.2, 0.25) is 0 Å². The van der Waals surface area contributed by atoms with Crippen molar-refractivity contribution in [1.82, 2.24) is 14.8 Å². The predicted octanol–water partition coefficient (Wildman–Crippen LogP) is 3.69. The van der Waals surface area contributed by atoms with Crippen molar-refractivity contribution in [2.24, 2.45) is 0 Å². The highest BCUT2D eigenvalue weighted by Gasteiger charge is 2.19. The van der Waals surface area contributed by atoms with Crippen molar-refractivity contribution in [2.45, 2.75) is 53.1 Å². The Bertz CT molecular complexity index is 699. The van der Waals surface area contributed by atoms with Gasteiger partial charge < -0.3 is 10.1 Å². The van der Waals surface area contributed by atoms with E-state index in [1.807, 2.05) is 11.6 Å². The van der Waals surface area contributed by atoms with Gasteiger partial charge in [0.05, 0.1) is 29.4 Å². The molecule has 0 aliphatic carbocycles. The molecule has 0 bridgehead atoms. The molecule has 130 valence electrons. The molecule has 2 heterocycles. The Kier molecular flexibility index (Phi) is 5.26. The molecule has 0 spiro atoms. The number of rotatable bonds is 5. The first-order valence-corrected chi connectivity index (χ1v) is 8.18. The summed E-state index contributed by atoms with van der Waals surface area (Å²) >= 11 is 0. The van der Waals surface area contributed by atoms with Gasteiger partial charge in [-0.2, -0.15) is 5.10 Å². The number of nitrogens with one attached hydrogen (secondary N) is 1. The molecule has 0 aliphatic rings. The first-order chi connectivity index (χ1) is 11.2. The number of carbonyl (C=O) groups excluding carboxylic acids is 1. The number of nitrogens with zero attached hydrogens (tertiary/aromatic N) is 3. The van der Waals surface area contributed by atoms with E-state index in [0.717, 1.165) is 11.3 Å². The van der Waals surface area contributed by atoms with Gasteiger partial charge in [0.15, 0.2) is 0 Å². The maximum atomic E-state index is 11.6. The zero-order chi connectivity index (χ0) is 17.9. The normalized spacial score (nSPS) is 12.8. The van der Waals surface area contributed by atoms with E-state index >= 15 is 0 Å². The molecule has 1 N–H and O–H groups in total. The van der Waals surface area contributed by atoms with E-state index in [4.69, 9.17) is 4.74 Å². The molecule has 2 aromatic heterocycles. The second kappa shape index (κ2) is 7.03. The lowest BCUT2D eigenvalue weighted by Gasteiger charge is -2.19. The van der Waals surface area contributed by atoms with Crippen LogP contribution in [0.15, 0.2) is 24.5 Å². The summed E-state index contributed by atoms with van der Waals surface area (Å²) in [7, 11) is 0. The van der Waals surface area contributed by atoms with Gasteiger partial charge in [-0.15, -0.1) is 0 Å². The number of hydrogen-bond donors (Lipinski definition) is 1. The summed E-state index contributed by atoms with van der Waals surface area (Å²) < 4.78 is 6.94. The summed E-state index contributed by atoms with van der Waals surface area (Å²) in [6.07, 6.45) is 3.60. The third-order valence-electron chi connectivity index (χ3n) is 3.73. The van der Waals surface area contributed by atoms with Crippen molar-refractivity contribution >= 4 is 11.8 Å². The minimum atomic E-state index is -0.355. The third-order valence-corrected chi connectivity index (χ3v) is 3.73. The fourth-order valence-electron chi connectivity index (χ4n) is 2.36. The standard InChI is InChI=1S/C18H26N4O2/c1-7-24-17(23)14-8-9-16(19-10-14)20-12(2)15-11-22(18(4,5)6)21-13(15)3/h8-12H,7H2,1-6H3,(H,19,20). The van der Waals surface area contributed by atoms with Crippen molar-refractivity contribution in [3.63, 3.8) is 0 Å². The molecule has 2 rings (SSSR count). The highest BCUT2D eigenvalue weighted by Crippen LogP contribution is 2.23. The smallest absolute Gasteiger partial charge is 0.339 e. The van der Waals surface area contributed by atoms with Gasteiger partial charge in [-0.25, -0.2) is 9.78 Å². The number of esters is 1. The molecule has 0 aliphatic heterocycles. The molecule has 6 nitrogen and oxygen atoms in total. The van der Waals surface area contributed by atoms with Crippen LogP contribution in [0, 0.1) is 6.92 Å². The van der Waals surface area contributed by atoms with Gasteiger partial charge in [0.1, 0.15) is 5.82 Å². The molecule has 6 heteroatoms. The molecule has 1 unspecified atom stereocenters. The van der Waals surface area contributed by atoms with Crippen LogP contribution in [0.4, 0.5) is 5.82 Å². The Labute approximate surface area is 143 Å². The zero-order valence-electron chi connectivity index (χ0n) is 15.3. The van der Waals surface area contributed by atoms with E-state index in [1.165, 1.54) is 6.20 Å². The molecule has 0 saturated carbocycles. The maximum Gasteiger partial charge on any atom is 0.339 e. The second-order valence-corrected chi connectivity index (χ2v) is 6.80. The van der Waals surface area contributed by atoms with Crippen molar-refractivity contribution < 1.29 is 9.53 Å². The van der Waals surface area contributed by atoms with Gasteiger partial charge >= 0.3 is 5.97 Å². The first kappa shape index (κ1) is 18.0. The maximum absolute atomic E-state index is 11.6. The van der Waals surface area contributed by atoms with Crippen molar-refractivity contribution in [1.29, 1.82) is 0 Å². The summed E-state index contributed by atoms with van der Waals surface area (Å²) in [5.74, 6) is 0.352. The lowest BCUT2D eigenvalue weighted by molar-refractivity contribution is 0.0526. The lowest BCUT2D eigenvalue weighted by Crippen LogP contribution is -2.22. The first-order valence-electron chi connectivity index (χ1n) is 8.18. The van der Waals surface area contributed by atoms with Crippen LogP contribution >= 0.6 is 0 Å². The number of aryl methyl sites for hydroxylation is 1. The Hall–Kier alpha value is -2.37. The molecular formula is C18H26N4O2. The van der Waals surface area contributed by atoms with Crippen LogP contribution in [-0.2, 0) is 10.3 Å². The fraction of sp³-hybridized carbons (Fsp3) is 0.500. The minimum absolute atomic E-state index is 0.0533. The topological polar surface area (TPSA) is 69.0 Å². The Morgan fingerprint density at radius 1 is 1.38 bits per heavy atom. The van der Waals surface area contributed by atoms with Crippen LogP contribution < -0.4 is 5.32 Å². The number of carbonyl (C=O) groups is 1. The van der Waals surface area contributed by atoms with E-state index < -0.39 is 0 Å². The van der Waals surface area contributed by atoms with Gasteiger partial charge in [0, 0.05) is 18.0 Å². The van der Waals surface area contributed by atoms with E-state index in [2.05, 4.69) is 49.3 Å². The average Bonchev–Trinajstić information content (AvgIpc) is 2.90. The summed E-state index contributed by atoms with van der Waals surface area (Å²) in [6.45, 7) is 12.6. The average molecular weight is 330 g/mol. The van der Waals surface area contributed by atoms with Gasteiger partial charge in [0.25, 0.3) is 0 Å². The van der Waals surface area contributed by atoms with E-state index in [0.29, 0.717) is 18.0 Å².